The van der Waals surface area contributed by atoms with Gasteiger partial charge in [-0.2, -0.15) is 0 Å². The van der Waals surface area contributed by atoms with Gasteiger partial charge in [-0.05, 0) is 66.1 Å². The average molecular weight is 365 g/mol. The maximum absolute atomic E-state index is 12.9. The van der Waals surface area contributed by atoms with E-state index in [1.807, 2.05) is 31.2 Å². The summed E-state index contributed by atoms with van der Waals surface area (Å²) in [5.41, 5.74) is 4.06. The molecule has 0 aliphatic carbocycles. The van der Waals surface area contributed by atoms with Crippen LogP contribution in [-0.2, 0) is 13.2 Å². The standard InChI is InChI=1S/C22H20FNO3/c1-15-11-21(27-14-16-5-8-19(23)9-6-16)10-7-18(15)13-24-20-4-2-3-17(12-20)22(25)26/h2-12,24H,13-14H2,1H3,(H,25,26). The monoisotopic (exact) mass is 365 g/mol. The summed E-state index contributed by atoms with van der Waals surface area (Å²) in [6.45, 7) is 2.95. The summed E-state index contributed by atoms with van der Waals surface area (Å²) in [5.74, 6) is -0.466. The van der Waals surface area contributed by atoms with Crippen molar-refractivity contribution in [1.82, 2.24) is 0 Å². The Kier molecular flexibility index (Phi) is 5.71. The number of benzene rings is 3. The van der Waals surface area contributed by atoms with E-state index in [0.29, 0.717) is 13.2 Å². The summed E-state index contributed by atoms with van der Waals surface area (Å²) < 4.78 is 18.7. The second kappa shape index (κ2) is 8.36. The van der Waals surface area contributed by atoms with Gasteiger partial charge in [0.15, 0.2) is 0 Å². The predicted octanol–water partition coefficient (Wildman–Crippen LogP) is 5.02. The molecule has 0 aromatic heterocycles. The number of nitrogens with one attached hydrogen (secondary N) is 1. The number of ether oxygens (including phenoxy) is 1. The smallest absolute Gasteiger partial charge is 0.335 e. The molecule has 3 aromatic rings. The number of carboxylic acids is 1. The number of hydrogen-bond donors (Lipinski definition) is 2. The van der Waals surface area contributed by atoms with Crippen molar-refractivity contribution in [3.05, 3.63) is 94.8 Å². The number of aromatic carboxylic acids is 1. The molecular formula is C22H20FNO3. The highest BCUT2D eigenvalue weighted by Crippen LogP contribution is 2.20. The van der Waals surface area contributed by atoms with Gasteiger partial charge < -0.3 is 15.2 Å². The number of rotatable bonds is 7. The largest absolute Gasteiger partial charge is 0.489 e. The minimum Gasteiger partial charge on any atom is -0.489 e. The number of hydrogen-bond acceptors (Lipinski definition) is 3. The van der Waals surface area contributed by atoms with E-state index >= 15 is 0 Å². The first-order chi connectivity index (χ1) is 13.0. The van der Waals surface area contributed by atoms with E-state index in [0.717, 1.165) is 28.1 Å². The molecule has 0 atom stereocenters. The molecule has 0 saturated heterocycles. The molecule has 0 amide bonds. The van der Waals surface area contributed by atoms with E-state index in [9.17, 15) is 9.18 Å². The lowest BCUT2D eigenvalue weighted by Gasteiger charge is -2.12. The molecule has 3 rings (SSSR count). The van der Waals surface area contributed by atoms with E-state index in [1.54, 1.807) is 30.3 Å². The van der Waals surface area contributed by atoms with Crippen molar-refractivity contribution in [3.8, 4) is 5.75 Å². The van der Waals surface area contributed by atoms with Crippen LogP contribution in [0.3, 0.4) is 0 Å². The maximum atomic E-state index is 12.9. The maximum Gasteiger partial charge on any atom is 0.335 e. The Bertz CT molecular complexity index is 939. The number of carbonyl (C=O) groups is 1. The van der Waals surface area contributed by atoms with Gasteiger partial charge >= 0.3 is 5.97 Å². The number of halogens is 1. The van der Waals surface area contributed by atoms with Gasteiger partial charge in [0.05, 0.1) is 5.56 Å². The van der Waals surface area contributed by atoms with E-state index in [2.05, 4.69) is 5.32 Å². The fourth-order valence-corrected chi connectivity index (χ4v) is 2.66. The van der Waals surface area contributed by atoms with E-state index in [1.165, 1.54) is 12.1 Å². The van der Waals surface area contributed by atoms with Crippen LogP contribution in [0.4, 0.5) is 10.1 Å². The lowest BCUT2D eigenvalue weighted by atomic mass is 10.1. The molecule has 0 spiro atoms. The molecule has 0 heterocycles. The van der Waals surface area contributed by atoms with Gasteiger partial charge in [0, 0.05) is 12.2 Å². The second-order valence-electron chi connectivity index (χ2n) is 6.24. The van der Waals surface area contributed by atoms with E-state index in [-0.39, 0.29) is 11.4 Å². The van der Waals surface area contributed by atoms with Crippen LogP contribution in [0.1, 0.15) is 27.0 Å². The third-order valence-corrected chi connectivity index (χ3v) is 4.23. The zero-order valence-corrected chi connectivity index (χ0v) is 14.9. The number of anilines is 1. The van der Waals surface area contributed by atoms with Crippen LogP contribution in [0.25, 0.3) is 0 Å². The minimum absolute atomic E-state index is 0.251. The molecular weight excluding hydrogens is 345 g/mol. The van der Waals surface area contributed by atoms with Crippen LogP contribution in [0, 0.1) is 12.7 Å². The topological polar surface area (TPSA) is 58.6 Å². The molecule has 138 valence electrons. The Labute approximate surface area is 157 Å². The van der Waals surface area contributed by atoms with Gasteiger partial charge in [0.2, 0.25) is 0 Å². The van der Waals surface area contributed by atoms with Crippen molar-refractivity contribution in [1.29, 1.82) is 0 Å². The molecule has 0 saturated carbocycles. The molecule has 2 N–H and O–H groups in total. The molecule has 3 aromatic carbocycles. The van der Waals surface area contributed by atoms with Crippen molar-refractivity contribution >= 4 is 11.7 Å². The third-order valence-electron chi connectivity index (χ3n) is 4.23. The Balaban J connectivity index is 1.60. The lowest BCUT2D eigenvalue weighted by Crippen LogP contribution is -2.04. The van der Waals surface area contributed by atoms with Crippen LogP contribution in [0.5, 0.6) is 5.75 Å². The minimum atomic E-state index is -0.947. The second-order valence-corrected chi connectivity index (χ2v) is 6.24. The third kappa shape index (κ3) is 5.07. The Morgan fingerprint density at radius 2 is 1.85 bits per heavy atom. The highest BCUT2D eigenvalue weighted by atomic mass is 19.1. The molecule has 4 nitrogen and oxygen atoms in total. The molecule has 5 heteroatoms. The van der Waals surface area contributed by atoms with Crippen molar-refractivity contribution in [2.45, 2.75) is 20.1 Å². The van der Waals surface area contributed by atoms with Gasteiger partial charge in [-0.25, -0.2) is 9.18 Å². The quantitative estimate of drug-likeness (QED) is 0.617. The van der Waals surface area contributed by atoms with Gasteiger partial charge in [-0.3, -0.25) is 0 Å². The van der Waals surface area contributed by atoms with Crippen molar-refractivity contribution in [3.63, 3.8) is 0 Å². The van der Waals surface area contributed by atoms with Crippen molar-refractivity contribution < 1.29 is 19.0 Å². The highest BCUT2D eigenvalue weighted by molar-refractivity contribution is 5.88. The number of aryl methyl sites for hydroxylation is 1. The van der Waals surface area contributed by atoms with Crippen molar-refractivity contribution in [2.24, 2.45) is 0 Å². The lowest BCUT2D eigenvalue weighted by molar-refractivity contribution is 0.0697. The molecule has 0 aliphatic heterocycles. The summed E-state index contributed by atoms with van der Waals surface area (Å²) in [5, 5.41) is 12.3. The van der Waals surface area contributed by atoms with Crippen LogP contribution < -0.4 is 10.1 Å². The molecule has 0 unspecified atom stereocenters. The predicted molar refractivity (Wildman–Crippen MR) is 103 cm³/mol. The summed E-state index contributed by atoms with van der Waals surface area (Å²) in [7, 11) is 0. The molecule has 0 bridgehead atoms. The fraction of sp³-hybridized carbons (Fsp3) is 0.136. The van der Waals surface area contributed by atoms with Gasteiger partial charge in [-0.1, -0.05) is 24.3 Å². The molecule has 0 fully saturated rings. The number of carboxylic acid groups (broad SMARTS) is 1. The van der Waals surface area contributed by atoms with Crippen molar-refractivity contribution in [2.75, 3.05) is 5.32 Å². The Morgan fingerprint density at radius 1 is 1.07 bits per heavy atom. The van der Waals surface area contributed by atoms with Crippen LogP contribution in [0.15, 0.2) is 66.7 Å². The van der Waals surface area contributed by atoms with E-state index < -0.39 is 5.97 Å². The summed E-state index contributed by atoms with van der Waals surface area (Å²) in [6, 6.07) is 18.8. The fourth-order valence-electron chi connectivity index (χ4n) is 2.66. The SMILES string of the molecule is Cc1cc(OCc2ccc(F)cc2)ccc1CNc1cccc(C(=O)O)c1. The molecule has 0 radical (unpaired) electrons. The Hall–Kier alpha value is -3.34. The normalized spacial score (nSPS) is 10.4. The molecule has 27 heavy (non-hydrogen) atoms. The van der Waals surface area contributed by atoms with Gasteiger partial charge in [-0.15, -0.1) is 0 Å². The first-order valence-corrected chi connectivity index (χ1v) is 8.55. The zero-order chi connectivity index (χ0) is 19.2. The van der Waals surface area contributed by atoms with Crippen LogP contribution in [-0.4, -0.2) is 11.1 Å². The van der Waals surface area contributed by atoms with Crippen LogP contribution in [0.2, 0.25) is 0 Å². The molecule has 0 aliphatic rings. The Morgan fingerprint density at radius 3 is 2.56 bits per heavy atom. The van der Waals surface area contributed by atoms with Gasteiger partial charge in [0.1, 0.15) is 18.2 Å². The van der Waals surface area contributed by atoms with Crippen LogP contribution >= 0.6 is 0 Å². The first kappa shape index (κ1) is 18.5. The summed E-state index contributed by atoms with van der Waals surface area (Å²) in [4.78, 5) is 11.0. The van der Waals surface area contributed by atoms with Gasteiger partial charge in [0.25, 0.3) is 0 Å². The average Bonchev–Trinajstić information content (AvgIpc) is 2.67. The zero-order valence-electron chi connectivity index (χ0n) is 14.9. The first-order valence-electron chi connectivity index (χ1n) is 8.55. The highest BCUT2D eigenvalue weighted by Gasteiger charge is 2.05. The summed E-state index contributed by atoms with van der Waals surface area (Å²) >= 11 is 0. The summed E-state index contributed by atoms with van der Waals surface area (Å²) in [6.07, 6.45) is 0. The van der Waals surface area contributed by atoms with E-state index in [4.69, 9.17) is 9.84 Å².